The predicted molar refractivity (Wildman–Crippen MR) is 111 cm³/mol. The van der Waals surface area contributed by atoms with Crippen LogP contribution >= 0.6 is 15.9 Å². The zero-order valence-electron chi connectivity index (χ0n) is 15.8. The summed E-state index contributed by atoms with van der Waals surface area (Å²) in [5, 5.41) is 0. The van der Waals surface area contributed by atoms with Gasteiger partial charge in [-0.25, -0.2) is 0 Å². The monoisotopic (exact) mass is 399 g/mol. The molecule has 0 saturated carbocycles. The van der Waals surface area contributed by atoms with E-state index in [9.17, 15) is 0 Å². The molecule has 0 aliphatic carbocycles. The molecular weight excluding hydrogens is 370 g/mol. The Hall–Kier alpha value is -1.12. The van der Waals surface area contributed by atoms with Crippen LogP contribution in [0, 0.1) is 19.8 Å². The van der Waals surface area contributed by atoms with E-state index in [2.05, 4.69) is 84.1 Å². The highest BCUT2D eigenvalue weighted by Gasteiger charge is 2.23. The lowest BCUT2D eigenvalue weighted by Crippen LogP contribution is -2.41. The van der Waals surface area contributed by atoms with Crippen molar-refractivity contribution in [1.82, 2.24) is 4.90 Å². The van der Waals surface area contributed by atoms with Crippen molar-refractivity contribution in [1.29, 1.82) is 0 Å². The van der Waals surface area contributed by atoms with Gasteiger partial charge in [-0.2, -0.15) is 0 Å². The van der Waals surface area contributed by atoms with Gasteiger partial charge >= 0.3 is 0 Å². The normalized spacial score (nSPS) is 17.6. The fraction of sp³-hybridized carbons (Fsp3) is 0.478. The lowest BCUT2D eigenvalue weighted by atomic mass is 9.88. The molecule has 1 atom stereocenters. The molecule has 1 fully saturated rings. The molecule has 25 heavy (non-hydrogen) atoms. The van der Waals surface area contributed by atoms with E-state index in [1.165, 1.54) is 65.5 Å². The first-order valence-corrected chi connectivity index (χ1v) is 10.4. The van der Waals surface area contributed by atoms with E-state index in [1.54, 1.807) is 0 Å². The van der Waals surface area contributed by atoms with Crippen LogP contribution in [0.25, 0.3) is 0 Å². The number of rotatable bonds is 5. The van der Waals surface area contributed by atoms with E-state index >= 15 is 0 Å². The van der Waals surface area contributed by atoms with E-state index in [1.807, 2.05) is 0 Å². The van der Waals surface area contributed by atoms with E-state index in [0.29, 0.717) is 6.04 Å². The van der Waals surface area contributed by atoms with Gasteiger partial charge in [0.15, 0.2) is 0 Å². The fourth-order valence-electron chi connectivity index (χ4n) is 4.06. The summed E-state index contributed by atoms with van der Waals surface area (Å²) in [5.74, 6) is 0.819. The van der Waals surface area contributed by atoms with Crippen LogP contribution in [0.15, 0.2) is 46.9 Å². The van der Waals surface area contributed by atoms with Crippen molar-refractivity contribution in [3.63, 3.8) is 0 Å². The van der Waals surface area contributed by atoms with Crippen LogP contribution in [0.4, 0.5) is 0 Å². The zero-order valence-corrected chi connectivity index (χ0v) is 17.3. The van der Waals surface area contributed by atoms with E-state index in [0.717, 1.165) is 5.92 Å². The van der Waals surface area contributed by atoms with E-state index in [4.69, 9.17) is 0 Å². The average molecular weight is 400 g/mol. The molecule has 1 saturated heterocycles. The van der Waals surface area contributed by atoms with Crippen LogP contribution in [0.2, 0.25) is 0 Å². The van der Waals surface area contributed by atoms with Gasteiger partial charge in [0.2, 0.25) is 0 Å². The number of hydrogen-bond acceptors (Lipinski definition) is 1. The lowest BCUT2D eigenvalue weighted by molar-refractivity contribution is 0.140. The van der Waals surface area contributed by atoms with Crippen molar-refractivity contribution >= 4 is 15.9 Å². The Morgan fingerprint density at radius 1 is 1.04 bits per heavy atom. The highest BCUT2D eigenvalue weighted by Crippen LogP contribution is 2.28. The summed E-state index contributed by atoms with van der Waals surface area (Å²) < 4.78 is 1.27. The molecule has 0 bridgehead atoms. The molecule has 0 amide bonds. The number of hydrogen-bond donors (Lipinski definition) is 0. The van der Waals surface area contributed by atoms with E-state index in [-0.39, 0.29) is 0 Å². The number of piperidine rings is 1. The molecule has 134 valence electrons. The second kappa shape index (κ2) is 8.51. The topological polar surface area (TPSA) is 3.24 Å². The zero-order chi connectivity index (χ0) is 17.8. The van der Waals surface area contributed by atoms with Gasteiger partial charge in [-0.15, -0.1) is 0 Å². The van der Waals surface area contributed by atoms with Gasteiger partial charge < -0.3 is 4.90 Å². The average Bonchev–Trinajstić information content (AvgIpc) is 2.61. The van der Waals surface area contributed by atoms with Gasteiger partial charge in [0.1, 0.15) is 0 Å². The fourth-order valence-corrected chi connectivity index (χ4v) is 4.46. The highest BCUT2D eigenvalue weighted by molar-refractivity contribution is 9.10. The molecule has 3 rings (SSSR count). The van der Waals surface area contributed by atoms with Crippen molar-refractivity contribution in [3.8, 4) is 0 Å². The van der Waals surface area contributed by atoms with Crippen molar-refractivity contribution in [3.05, 3.63) is 69.2 Å². The highest BCUT2D eigenvalue weighted by atomic mass is 79.9. The maximum absolute atomic E-state index is 3.73. The van der Waals surface area contributed by atoms with Crippen molar-refractivity contribution in [2.45, 2.75) is 52.5 Å². The van der Waals surface area contributed by atoms with Gasteiger partial charge in [0.05, 0.1) is 0 Å². The lowest BCUT2D eigenvalue weighted by Gasteiger charge is -2.36. The Kier molecular flexibility index (Phi) is 6.35. The molecule has 0 spiro atoms. The minimum atomic E-state index is 0.632. The smallest absolute Gasteiger partial charge is 0.0207 e. The molecule has 0 N–H and O–H groups in total. The summed E-state index contributed by atoms with van der Waals surface area (Å²) in [5.41, 5.74) is 5.77. The van der Waals surface area contributed by atoms with Gasteiger partial charge in [-0.05, 0) is 88.2 Å². The van der Waals surface area contributed by atoms with Crippen LogP contribution in [-0.2, 0) is 12.8 Å². The quantitative estimate of drug-likeness (QED) is 0.599. The molecule has 1 aliphatic heterocycles. The van der Waals surface area contributed by atoms with Gasteiger partial charge in [0, 0.05) is 10.5 Å². The summed E-state index contributed by atoms with van der Waals surface area (Å²) in [4.78, 5) is 2.69. The van der Waals surface area contributed by atoms with Crippen LogP contribution < -0.4 is 0 Å². The maximum atomic E-state index is 3.73. The Morgan fingerprint density at radius 3 is 2.48 bits per heavy atom. The minimum absolute atomic E-state index is 0.632. The van der Waals surface area contributed by atoms with Crippen molar-refractivity contribution < 1.29 is 0 Å². The summed E-state index contributed by atoms with van der Waals surface area (Å²) in [7, 11) is 0. The molecule has 2 aromatic rings. The second-order valence-electron chi connectivity index (χ2n) is 7.76. The second-order valence-corrected chi connectivity index (χ2v) is 8.61. The standard InChI is InChI=1S/C23H30BrN/c1-17-8-9-23(24)22(14-17)16-20-10-12-25(13-11-20)19(3)15-21-7-5-4-6-18(21)2/h4-9,14,19-20H,10-13,15-16H2,1-3H3. The van der Waals surface area contributed by atoms with E-state index < -0.39 is 0 Å². The molecule has 2 aromatic carbocycles. The first-order valence-electron chi connectivity index (χ1n) is 9.56. The Labute approximate surface area is 161 Å². The maximum Gasteiger partial charge on any atom is 0.0207 e. The number of halogens is 1. The summed E-state index contributed by atoms with van der Waals surface area (Å²) in [6, 6.07) is 16.2. The summed E-state index contributed by atoms with van der Waals surface area (Å²) in [6.07, 6.45) is 5.01. The molecule has 2 heteroatoms. The Bertz CT molecular complexity index is 701. The first kappa shape index (κ1) is 18.7. The van der Waals surface area contributed by atoms with Gasteiger partial charge in [0.25, 0.3) is 0 Å². The van der Waals surface area contributed by atoms with Crippen LogP contribution in [0.1, 0.15) is 42.0 Å². The third-order valence-corrected chi connectivity index (χ3v) is 6.53. The van der Waals surface area contributed by atoms with Gasteiger partial charge in [-0.3, -0.25) is 0 Å². The first-order chi connectivity index (χ1) is 12.0. The summed E-state index contributed by atoms with van der Waals surface area (Å²) in [6.45, 7) is 9.28. The third-order valence-electron chi connectivity index (χ3n) is 5.76. The van der Waals surface area contributed by atoms with Crippen molar-refractivity contribution in [2.75, 3.05) is 13.1 Å². The number of benzene rings is 2. The molecular formula is C23H30BrN. The predicted octanol–water partition coefficient (Wildman–Crippen LogP) is 5.95. The summed E-state index contributed by atoms with van der Waals surface area (Å²) >= 11 is 3.73. The minimum Gasteiger partial charge on any atom is -0.300 e. The van der Waals surface area contributed by atoms with Gasteiger partial charge in [-0.1, -0.05) is 57.9 Å². The largest absolute Gasteiger partial charge is 0.300 e. The Balaban J connectivity index is 1.53. The Morgan fingerprint density at radius 2 is 1.76 bits per heavy atom. The number of aryl methyl sites for hydroxylation is 2. The van der Waals surface area contributed by atoms with Crippen LogP contribution in [-0.4, -0.2) is 24.0 Å². The molecule has 1 heterocycles. The number of likely N-dealkylation sites (tertiary alicyclic amines) is 1. The van der Waals surface area contributed by atoms with Crippen molar-refractivity contribution in [2.24, 2.45) is 5.92 Å². The molecule has 1 unspecified atom stereocenters. The number of nitrogens with zero attached hydrogens (tertiary/aromatic N) is 1. The molecule has 1 aliphatic rings. The molecule has 0 radical (unpaired) electrons. The van der Waals surface area contributed by atoms with Crippen LogP contribution in [0.5, 0.6) is 0 Å². The molecule has 1 nitrogen and oxygen atoms in total. The van der Waals surface area contributed by atoms with Crippen LogP contribution in [0.3, 0.4) is 0 Å². The molecule has 0 aromatic heterocycles. The third kappa shape index (κ3) is 4.95. The SMILES string of the molecule is Cc1ccc(Br)c(CC2CCN(C(C)Cc3ccccc3C)CC2)c1.